The summed E-state index contributed by atoms with van der Waals surface area (Å²) in [6.45, 7) is 8.66. The summed E-state index contributed by atoms with van der Waals surface area (Å²) in [5, 5.41) is 12.3. The third-order valence-corrected chi connectivity index (χ3v) is 10.6. The van der Waals surface area contributed by atoms with Crippen LogP contribution in [0.3, 0.4) is 0 Å². The number of rotatable bonds is 11. The monoisotopic (exact) mass is 738 g/mol. The Kier molecular flexibility index (Phi) is 11.4. The lowest BCUT2D eigenvalue weighted by atomic mass is 10.0. The summed E-state index contributed by atoms with van der Waals surface area (Å²) in [5.41, 5.74) is 5.71. The van der Waals surface area contributed by atoms with E-state index in [1.165, 1.54) is 14.2 Å². The fourth-order valence-electron chi connectivity index (χ4n) is 7.68. The third kappa shape index (κ3) is 7.82. The Morgan fingerprint density at radius 1 is 0.759 bits per heavy atom. The fourth-order valence-corrected chi connectivity index (χ4v) is 7.68. The average Bonchev–Trinajstić information content (AvgIpc) is 4.00. The van der Waals surface area contributed by atoms with Crippen LogP contribution in [0.25, 0.3) is 33.6 Å². The van der Waals surface area contributed by atoms with E-state index < -0.39 is 24.3 Å². The minimum absolute atomic E-state index is 0.107. The zero-order valence-electron chi connectivity index (χ0n) is 31.7. The van der Waals surface area contributed by atoms with E-state index in [2.05, 4.69) is 49.5 Å². The van der Waals surface area contributed by atoms with Crippen molar-refractivity contribution in [1.82, 2.24) is 40.0 Å². The van der Waals surface area contributed by atoms with Crippen molar-refractivity contribution in [3.05, 3.63) is 72.6 Å². The number of carboxylic acid groups (broad SMARTS) is 1. The van der Waals surface area contributed by atoms with Crippen LogP contribution in [-0.4, -0.2) is 103 Å². The number of nitrogens with zero attached hydrogens (tertiary/aromatic N) is 5. The van der Waals surface area contributed by atoms with Crippen molar-refractivity contribution in [2.45, 2.75) is 77.5 Å². The number of likely N-dealkylation sites (N-methyl/N-ethyl adjacent to an activating group) is 1. The number of amides is 4. The molecule has 4 N–H and O–H groups in total. The zero-order valence-corrected chi connectivity index (χ0v) is 31.7. The number of nitrogens with one attached hydrogen (secondary N) is 3. The largest absolute Gasteiger partial charge is 0.465 e. The first-order valence-electron chi connectivity index (χ1n) is 18.6. The van der Waals surface area contributed by atoms with Crippen LogP contribution in [0.15, 0.2) is 60.9 Å². The van der Waals surface area contributed by atoms with Gasteiger partial charge in [-0.1, -0.05) is 76.2 Å². The molecule has 0 bridgehead atoms. The molecule has 0 saturated carbocycles. The van der Waals surface area contributed by atoms with E-state index in [0.717, 1.165) is 70.0 Å². The van der Waals surface area contributed by atoms with Gasteiger partial charge in [0.05, 0.1) is 43.0 Å². The van der Waals surface area contributed by atoms with Crippen molar-refractivity contribution in [2.75, 3.05) is 27.2 Å². The fraction of sp³-hybridized carbons (Fsp3) is 0.450. The van der Waals surface area contributed by atoms with E-state index in [9.17, 15) is 24.3 Å². The Morgan fingerprint density at radius 3 is 1.61 bits per heavy atom. The van der Waals surface area contributed by atoms with Gasteiger partial charge in [0.25, 0.3) is 0 Å². The van der Waals surface area contributed by atoms with Crippen LogP contribution < -0.4 is 5.32 Å². The van der Waals surface area contributed by atoms with E-state index in [1.807, 2.05) is 52.0 Å². The van der Waals surface area contributed by atoms with Crippen LogP contribution in [-0.2, 0) is 14.3 Å². The third-order valence-electron chi connectivity index (χ3n) is 10.6. The molecule has 2 aromatic heterocycles. The number of benzene rings is 2. The minimum atomic E-state index is -1.13. The summed E-state index contributed by atoms with van der Waals surface area (Å²) in [4.78, 5) is 71.6. The molecule has 2 saturated heterocycles. The summed E-state index contributed by atoms with van der Waals surface area (Å²) in [5.74, 6) is 0.793. The van der Waals surface area contributed by atoms with Gasteiger partial charge in [-0.15, -0.1) is 0 Å². The minimum Gasteiger partial charge on any atom is -0.465 e. The molecule has 4 amide bonds. The maximum Gasteiger partial charge on any atom is 0.407 e. The molecule has 0 radical (unpaired) electrons. The van der Waals surface area contributed by atoms with Crippen molar-refractivity contribution < 1.29 is 29.0 Å². The highest BCUT2D eigenvalue weighted by atomic mass is 16.5. The summed E-state index contributed by atoms with van der Waals surface area (Å²) < 4.78 is 4.75. The van der Waals surface area contributed by atoms with Gasteiger partial charge in [-0.3, -0.25) is 14.5 Å². The van der Waals surface area contributed by atoms with Crippen LogP contribution in [0.1, 0.15) is 77.1 Å². The number of hydrogen-bond donors (Lipinski definition) is 4. The Balaban J connectivity index is 1.11. The lowest BCUT2D eigenvalue weighted by Crippen LogP contribution is -2.51. The second kappa shape index (κ2) is 16.1. The standard InChI is InChI=1S/C40H50N8O6/c1-23(2)33(45-39(51)54-6)37(49)47-19-7-9-31(47)35-41-21-29(43-35)27-15-11-25(12-16-27)26-13-17-28(18-14-26)30-22-42-36(44-30)32-10-8-20-48(32)38(50)34(24(3)4)46(5)40(52)53/h11-18,21-24,31-34H,7-10,19-20H2,1-6H3,(H,41,43)(H,42,44)(H,45,51)(H,52,53)/t31-,32+,33+,34+/m1/s1. The van der Waals surface area contributed by atoms with Gasteiger partial charge in [0.2, 0.25) is 11.8 Å². The molecule has 286 valence electrons. The molecule has 4 heterocycles. The van der Waals surface area contributed by atoms with Gasteiger partial charge >= 0.3 is 12.2 Å². The predicted molar refractivity (Wildman–Crippen MR) is 203 cm³/mol. The van der Waals surface area contributed by atoms with E-state index in [-0.39, 0.29) is 35.7 Å². The number of H-pyrrole nitrogens is 2. The molecule has 4 atom stereocenters. The molecule has 0 unspecified atom stereocenters. The first kappa shape index (κ1) is 38.1. The molecule has 4 aromatic rings. The number of carbonyl (C=O) groups is 4. The van der Waals surface area contributed by atoms with Crippen LogP contribution in [0.5, 0.6) is 0 Å². The normalized spacial score (nSPS) is 18.2. The van der Waals surface area contributed by atoms with E-state index in [4.69, 9.17) is 4.74 Å². The first-order valence-corrected chi connectivity index (χ1v) is 18.6. The molecule has 2 aromatic carbocycles. The quantitative estimate of drug-likeness (QED) is 0.135. The lowest BCUT2D eigenvalue weighted by molar-refractivity contribution is -0.138. The average molecular weight is 739 g/mol. The number of alkyl carbamates (subject to hydrolysis) is 1. The number of imidazole rings is 2. The van der Waals surface area contributed by atoms with Gasteiger partial charge in [0, 0.05) is 20.1 Å². The summed E-state index contributed by atoms with van der Waals surface area (Å²) in [6, 6.07) is 14.5. The van der Waals surface area contributed by atoms with Gasteiger partial charge < -0.3 is 34.9 Å². The predicted octanol–water partition coefficient (Wildman–Crippen LogP) is 6.48. The van der Waals surface area contributed by atoms with Crippen LogP contribution in [0, 0.1) is 11.8 Å². The number of aromatic amines is 2. The maximum absolute atomic E-state index is 13.6. The van der Waals surface area contributed by atoms with Crippen LogP contribution in [0.2, 0.25) is 0 Å². The molecule has 2 aliphatic heterocycles. The number of likely N-dealkylation sites (tertiary alicyclic amines) is 2. The summed E-state index contributed by atoms with van der Waals surface area (Å²) in [6.07, 6.45) is 5.02. The van der Waals surface area contributed by atoms with Crippen molar-refractivity contribution in [1.29, 1.82) is 0 Å². The first-order chi connectivity index (χ1) is 25.9. The molecule has 14 nitrogen and oxygen atoms in total. The highest BCUT2D eigenvalue weighted by Gasteiger charge is 2.40. The van der Waals surface area contributed by atoms with Crippen molar-refractivity contribution >= 4 is 24.0 Å². The molecule has 0 spiro atoms. The molecule has 14 heteroatoms. The topological polar surface area (TPSA) is 177 Å². The van der Waals surface area contributed by atoms with Gasteiger partial charge in [-0.2, -0.15) is 0 Å². The van der Waals surface area contributed by atoms with Crippen LogP contribution in [0.4, 0.5) is 9.59 Å². The smallest absolute Gasteiger partial charge is 0.407 e. The Morgan fingerprint density at radius 2 is 1.20 bits per heavy atom. The highest BCUT2D eigenvalue weighted by molar-refractivity contribution is 5.87. The number of methoxy groups -OCH3 is 1. The molecular formula is C40H50N8O6. The van der Waals surface area contributed by atoms with Gasteiger partial charge in [0.15, 0.2) is 0 Å². The number of carbonyl (C=O) groups excluding carboxylic acids is 3. The molecule has 54 heavy (non-hydrogen) atoms. The Labute approximate surface area is 315 Å². The van der Waals surface area contributed by atoms with Crippen molar-refractivity contribution in [3.8, 4) is 33.6 Å². The zero-order chi connectivity index (χ0) is 38.7. The molecule has 2 aliphatic rings. The Bertz CT molecular complexity index is 1950. The van der Waals surface area contributed by atoms with Crippen molar-refractivity contribution in [3.63, 3.8) is 0 Å². The summed E-state index contributed by atoms with van der Waals surface area (Å²) >= 11 is 0. The van der Waals surface area contributed by atoms with Gasteiger partial charge in [-0.05, 0) is 59.8 Å². The van der Waals surface area contributed by atoms with Crippen LogP contribution >= 0.6 is 0 Å². The van der Waals surface area contributed by atoms with Crippen molar-refractivity contribution in [2.24, 2.45) is 11.8 Å². The Hall–Kier alpha value is -5.66. The highest BCUT2D eigenvalue weighted by Crippen LogP contribution is 2.35. The molecule has 2 fully saturated rings. The number of hydrogen-bond acceptors (Lipinski definition) is 7. The maximum atomic E-state index is 13.6. The SMILES string of the molecule is COC(=O)N[C@H](C(=O)N1CCC[C@@H]1c1ncc(-c2ccc(-c3ccc(-c4cnc([C@@H]5CCCN5C(=O)[C@H](C(C)C)N(C)C(=O)O)[nH]4)cc3)cc2)[nH]1)C(C)C. The second-order valence-electron chi connectivity index (χ2n) is 14.8. The number of ether oxygens (including phenoxy) is 1. The van der Waals surface area contributed by atoms with Gasteiger partial charge in [0.1, 0.15) is 23.7 Å². The molecule has 6 rings (SSSR count). The molecule has 0 aliphatic carbocycles. The summed E-state index contributed by atoms with van der Waals surface area (Å²) in [7, 11) is 2.73. The van der Waals surface area contributed by atoms with Gasteiger partial charge in [-0.25, -0.2) is 19.6 Å². The number of aromatic nitrogens is 4. The molecular weight excluding hydrogens is 688 g/mol. The van der Waals surface area contributed by atoms with E-state index >= 15 is 0 Å². The second-order valence-corrected chi connectivity index (χ2v) is 14.8. The van der Waals surface area contributed by atoms with E-state index in [0.29, 0.717) is 18.9 Å². The van der Waals surface area contributed by atoms with E-state index in [1.54, 1.807) is 22.2 Å². The lowest BCUT2D eigenvalue weighted by Gasteiger charge is -2.33.